The number of nitrogens with one attached hydrogen (secondary N) is 1. The van der Waals surface area contributed by atoms with Crippen LogP contribution in [0.1, 0.15) is 35.6 Å². The van der Waals surface area contributed by atoms with E-state index >= 15 is 0 Å². The summed E-state index contributed by atoms with van der Waals surface area (Å²) in [5.41, 5.74) is 0.515. The molecule has 1 aliphatic rings. The van der Waals surface area contributed by atoms with Gasteiger partial charge in [-0.2, -0.15) is 0 Å². The van der Waals surface area contributed by atoms with Crippen molar-refractivity contribution in [1.82, 2.24) is 20.1 Å². The number of rotatable bonds is 7. The van der Waals surface area contributed by atoms with Crippen LogP contribution in [0.5, 0.6) is 11.5 Å². The van der Waals surface area contributed by atoms with E-state index in [1.165, 1.54) is 0 Å². The molecule has 1 atom stereocenters. The van der Waals surface area contributed by atoms with Gasteiger partial charge in [0, 0.05) is 25.8 Å². The number of nitrogens with zero attached hydrogens (tertiary/aromatic N) is 3. The zero-order valence-electron chi connectivity index (χ0n) is 14.4. The monoisotopic (exact) mass is 346 g/mol. The van der Waals surface area contributed by atoms with Crippen LogP contribution in [0.3, 0.4) is 0 Å². The van der Waals surface area contributed by atoms with E-state index in [1.807, 2.05) is 11.5 Å². The van der Waals surface area contributed by atoms with Crippen molar-refractivity contribution in [3.05, 3.63) is 35.9 Å². The van der Waals surface area contributed by atoms with Gasteiger partial charge in [-0.25, -0.2) is 0 Å². The van der Waals surface area contributed by atoms with E-state index in [2.05, 4.69) is 15.5 Å². The number of amides is 1. The fourth-order valence-corrected chi connectivity index (χ4v) is 2.68. The fourth-order valence-electron chi connectivity index (χ4n) is 2.68. The molecule has 134 valence electrons. The van der Waals surface area contributed by atoms with Crippen LogP contribution in [0.15, 0.2) is 24.5 Å². The van der Waals surface area contributed by atoms with Crippen molar-refractivity contribution >= 4 is 5.91 Å². The van der Waals surface area contributed by atoms with Crippen molar-refractivity contribution in [2.75, 3.05) is 26.9 Å². The molecule has 25 heavy (non-hydrogen) atoms. The Hall–Kier alpha value is -2.61. The van der Waals surface area contributed by atoms with Gasteiger partial charge in [-0.15, -0.1) is 10.2 Å². The molecule has 2 heterocycles. The summed E-state index contributed by atoms with van der Waals surface area (Å²) < 4.78 is 18.0. The third-order valence-corrected chi connectivity index (χ3v) is 3.93. The molecule has 0 saturated carbocycles. The maximum Gasteiger partial charge on any atom is 0.252 e. The lowest BCUT2D eigenvalue weighted by atomic mass is 10.1. The molecule has 1 amide bonds. The molecule has 1 aliphatic heterocycles. The molecule has 0 aliphatic carbocycles. The highest BCUT2D eigenvalue weighted by molar-refractivity contribution is 5.95. The summed E-state index contributed by atoms with van der Waals surface area (Å²) in [7, 11) is 1.67. The van der Waals surface area contributed by atoms with Crippen molar-refractivity contribution in [3.63, 3.8) is 0 Å². The minimum absolute atomic E-state index is 0.198. The van der Waals surface area contributed by atoms with Gasteiger partial charge in [0.25, 0.3) is 5.91 Å². The van der Waals surface area contributed by atoms with Crippen molar-refractivity contribution < 1.29 is 19.0 Å². The molecular formula is C17H22N4O4. The van der Waals surface area contributed by atoms with E-state index in [0.29, 0.717) is 42.7 Å². The Morgan fingerprint density at radius 1 is 1.36 bits per heavy atom. The summed E-state index contributed by atoms with van der Waals surface area (Å²) in [5, 5.41) is 11.0. The number of aromatic nitrogens is 3. The Morgan fingerprint density at radius 2 is 2.16 bits per heavy atom. The van der Waals surface area contributed by atoms with Crippen LogP contribution in [-0.4, -0.2) is 47.6 Å². The maximum atomic E-state index is 12.5. The van der Waals surface area contributed by atoms with Crippen LogP contribution in [0, 0.1) is 0 Å². The van der Waals surface area contributed by atoms with E-state index in [4.69, 9.17) is 14.2 Å². The second kappa shape index (κ2) is 7.98. The largest absolute Gasteiger partial charge is 0.486 e. The minimum atomic E-state index is -0.272. The number of methoxy groups -OCH3 is 1. The van der Waals surface area contributed by atoms with Crippen molar-refractivity contribution in [2.45, 2.75) is 25.9 Å². The summed E-state index contributed by atoms with van der Waals surface area (Å²) in [6.07, 6.45) is 2.52. The number of aryl methyl sites for hydroxylation is 1. The van der Waals surface area contributed by atoms with Gasteiger partial charge in [0.15, 0.2) is 17.3 Å². The predicted molar refractivity (Wildman–Crippen MR) is 89.8 cm³/mol. The van der Waals surface area contributed by atoms with Gasteiger partial charge in [-0.05, 0) is 31.5 Å². The van der Waals surface area contributed by atoms with Gasteiger partial charge in [0.1, 0.15) is 19.5 Å². The first-order valence-electron chi connectivity index (χ1n) is 8.26. The summed E-state index contributed by atoms with van der Waals surface area (Å²) in [5.74, 6) is 1.76. The summed E-state index contributed by atoms with van der Waals surface area (Å²) in [6.45, 7) is 4.29. The first-order chi connectivity index (χ1) is 12.2. The third-order valence-electron chi connectivity index (χ3n) is 3.93. The van der Waals surface area contributed by atoms with E-state index in [-0.39, 0.29) is 11.9 Å². The normalized spacial score (nSPS) is 14.2. The molecule has 0 fully saturated rings. The van der Waals surface area contributed by atoms with Crippen molar-refractivity contribution in [2.24, 2.45) is 0 Å². The number of fused-ring (bicyclic) bond motifs is 1. The topological polar surface area (TPSA) is 87.5 Å². The molecule has 8 nitrogen and oxygen atoms in total. The Bertz CT molecular complexity index is 731. The third kappa shape index (κ3) is 4.08. The van der Waals surface area contributed by atoms with Crippen LogP contribution in [0.25, 0.3) is 0 Å². The summed E-state index contributed by atoms with van der Waals surface area (Å²) >= 11 is 0. The average Bonchev–Trinajstić information content (AvgIpc) is 3.10. The van der Waals surface area contributed by atoms with Gasteiger partial charge >= 0.3 is 0 Å². The second-order valence-electron chi connectivity index (χ2n) is 5.78. The highest BCUT2D eigenvalue weighted by atomic mass is 16.6. The van der Waals surface area contributed by atoms with E-state index in [0.717, 1.165) is 13.0 Å². The quantitative estimate of drug-likeness (QED) is 0.766. The molecule has 0 bridgehead atoms. The molecule has 0 radical (unpaired) electrons. The Kier molecular flexibility index (Phi) is 5.49. The molecule has 1 N–H and O–H groups in total. The molecule has 3 rings (SSSR count). The van der Waals surface area contributed by atoms with E-state index in [9.17, 15) is 4.79 Å². The van der Waals surface area contributed by atoms with Crippen LogP contribution in [0.4, 0.5) is 0 Å². The van der Waals surface area contributed by atoms with Crippen LogP contribution in [0.2, 0.25) is 0 Å². The standard InChI is InChI=1S/C17H22N4O4/c1-12(16-20-18-11-21(16)6-3-7-23-2)19-17(22)13-4-5-14-15(10-13)25-9-8-24-14/h4-5,10-12H,3,6-9H2,1-2H3,(H,19,22). The minimum Gasteiger partial charge on any atom is -0.486 e. The number of hydrogen-bond donors (Lipinski definition) is 1. The number of carbonyl (C=O) groups is 1. The molecule has 0 spiro atoms. The Labute approximate surface area is 146 Å². The molecule has 8 heteroatoms. The first kappa shape index (κ1) is 17.2. The van der Waals surface area contributed by atoms with Gasteiger partial charge < -0.3 is 24.1 Å². The van der Waals surface area contributed by atoms with E-state index < -0.39 is 0 Å². The Balaban J connectivity index is 1.66. The lowest BCUT2D eigenvalue weighted by molar-refractivity contribution is 0.0936. The van der Waals surface area contributed by atoms with Gasteiger partial charge in [0.05, 0.1) is 6.04 Å². The fraction of sp³-hybridized carbons (Fsp3) is 0.471. The zero-order valence-corrected chi connectivity index (χ0v) is 14.4. The lowest BCUT2D eigenvalue weighted by Crippen LogP contribution is -2.29. The number of benzene rings is 1. The maximum absolute atomic E-state index is 12.5. The van der Waals surface area contributed by atoms with Crippen molar-refractivity contribution in [3.8, 4) is 11.5 Å². The number of hydrogen-bond acceptors (Lipinski definition) is 6. The summed E-state index contributed by atoms with van der Waals surface area (Å²) in [6, 6.07) is 4.89. The van der Waals surface area contributed by atoms with Gasteiger partial charge in [-0.3, -0.25) is 4.79 Å². The SMILES string of the molecule is COCCCn1cnnc1C(C)NC(=O)c1ccc2c(c1)OCCO2. The van der Waals surface area contributed by atoms with Crippen LogP contribution < -0.4 is 14.8 Å². The highest BCUT2D eigenvalue weighted by Crippen LogP contribution is 2.30. The molecule has 2 aromatic rings. The highest BCUT2D eigenvalue weighted by Gasteiger charge is 2.19. The van der Waals surface area contributed by atoms with Gasteiger partial charge in [0.2, 0.25) is 0 Å². The molecule has 0 saturated heterocycles. The zero-order chi connectivity index (χ0) is 17.6. The molecule has 1 unspecified atom stereocenters. The Morgan fingerprint density at radius 3 is 2.96 bits per heavy atom. The number of carbonyl (C=O) groups excluding carboxylic acids is 1. The molecule has 1 aromatic carbocycles. The summed E-state index contributed by atoms with van der Waals surface area (Å²) in [4.78, 5) is 12.5. The molecule has 1 aromatic heterocycles. The van der Waals surface area contributed by atoms with Crippen LogP contribution >= 0.6 is 0 Å². The molecular weight excluding hydrogens is 324 g/mol. The lowest BCUT2D eigenvalue weighted by Gasteiger charge is -2.19. The van der Waals surface area contributed by atoms with Gasteiger partial charge in [-0.1, -0.05) is 0 Å². The van der Waals surface area contributed by atoms with E-state index in [1.54, 1.807) is 31.6 Å². The second-order valence-corrected chi connectivity index (χ2v) is 5.78. The average molecular weight is 346 g/mol. The predicted octanol–water partition coefficient (Wildman–Crippen LogP) is 1.58. The smallest absolute Gasteiger partial charge is 0.252 e. The number of ether oxygens (including phenoxy) is 3. The van der Waals surface area contributed by atoms with Crippen LogP contribution in [-0.2, 0) is 11.3 Å². The first-order valence-corrected chi connectivity index (χ1v) is 8.26. The van der Waals surface area contributed by atoms with Crippen molar-refractivity contribution in [1.29, 1.82) is 0 Å².